The molecule has 3 heterocycles. The summed E-state index contributed by atoms with van der Waals surface area (Å²) < 4.78 is 5.07. The van der Waals surface area contributed by atoms with Crippen molar-refractivity contribution >= 4 is 92.2 Å². The molecule has 0 aliphatic rings. The van der Waals surface area contributed by atoms with Gasteiger partial charge in [0, 0.05) is 38.0 Å². The highest BCUT2D eigenvalue weighted by atomic mass is 15.0. The van der Waals surface area contributed by atoms with Crippen LogP contribution in [0.25, 0.3) is 97.9 Å². The summed E-state index contributed by atoms with van der Waals surface area (Å²) in [7, 11) is 0. The zero-order valence-electron chi connectivity index (χ0n) is 23.8. The molecule has 0 N–H and O–H groups in total. The van der Waals surface area contributed by atoms with Gasteiger partial charge >= 0.3 is 0 Å². The minimum Gasteiger partial charge on any atom is -0.307 e. The van der Waals surface area contributed by atoms with Crippen LogP contribution in [-0.4, -0.2) is 8.97 Å². The van der Waals surface area contributed by atoms with Gasteiger partial charge in [-0.05, 0) is 68.7 Å². The molecule has 0 aliphatic heterocycles. The van der Waals surface area contributed by atoms with Gasteiger partial charge in [-0.2, -0.15) is 0 Å². The van der Waals surface area contributed by atoms with Gasteiger partial charge in [0.15, 0.2) is 0 Å². The number of aromatic nitrogens is 2. The lowest BCUT2D eigenvalue weighted by molar-refractivity contribution is 1.19. The Hall–Kier alpha value is -5.86. The molecule has 11 rings (SSSR count). The van der Waals surface area contributed by atoms with Gasteiger partial charge in [0.2, 0.25) is 0 Å². The molecule has 11 aromatic rings. The number of benzene rings is 8. The zero-order valence-corrected chi connectivity index (χ0v) is 23.8. The molecular formula is C42H24N2. The molecular weight excluding hydrogens is 532 g/mol. The molecule has 3 aromatic heterocycles. The van der Waals surface area contributed by atoms with Gasteiger partial charge in [-0.25, -0.2) is 0 Å². The molecule has 0 amide bonds. The topological polar surface area (TPSA) is 9.34 Å². The van der Waals surface area contributed by atoms with Gasteiger partial charge in [0.1, 0.15) is 0 Å². The lowest BCUT2D eigenvalue weighted by Gasteiger charge is -2.13. The van der Waals surface area contributed by atoms with Gasteiger partial charge in [0.05, 0.1) is 27.6 Å². The van der Waals surface area contributed by atoms with Crippen LogP contribution in [0, 0.1) is 0 Å². The van der Waals surface area contributed by atoms with Crippen molar-refractivity contribution in [2.24, 2.45) is 0 Å². The molecule has 2 nitrogen and oxygen atoms in total. The summed E-state index contributed by atoms with van der Waals surface area (Å²) >= 11 is 0. The third-order valence-electron chi connectivity index (χ3n) is 9.94. The second kappa shape index (κ2) is 7.94. The molecule has 0 unspecified atom stereocenters. The Labute approximate surface area is 251 Å². The summed E-state index contributed by atoms with van der Waals surface area (Å²) in [5.74, 6) is 0. The van der Waals surface area contributed by atoms with Crippen LogP contribution in [0.2, 0.25) is 0 Å². The predicted molar refractivity (Wildman–Crippen MR) is 188 cm³/mol. The van der Waals surface area contributed by atoms with Gasteiger partial charge in [0.25, 0.3) is 0 Å². The first-order chi connectivity index (χ1) is 21.8. The van der Waals surface area contributed by atoms with Gasteiger partial charge in [-0.3, -0.25) is 0 Å². The lowest BCUT2D eigenvalue weighted by atomic mass is 9.98. The third kappa shape index (κ3) is 2.68. The number of para-hydroxylation sites is 3. The highest BCUT2D eigenvalue weighted by Gasteiger charge is 2.25. The van der Waals surface area contributed by atoms with Crippen LogP contribution in [0.1, 0.15) is 0 Å². The number of hydrogen-bond donors (Lipinski definition) is 0. The van der Waals surface area contributed by atoms with Crippen LogP contribution < -0.4 is 0 Å². The van der Waals surface area contributed by atoms with Crippen LogP contribution >= 0.6 is 0 Å². The quantitative estimate of drug-likeness (QED) is 0.178. The third-order valence-corrected chi connectivity index (χ3v) is 9.94. The van der Waals surface area contributed by atoms with Crippen molar-refractivity contribution < 1.29 is 0 Å². The van der Waals surface area contributed by atoms with E-state index in [0.29, 0.717) is 0 Å². The Morgan fingerprint density at radius 1 is 0.318 bits per heavy atom. The van der Waals surface area contributed by atoms with E-state index in [1.807, 2.05) is 0 Å². The van der Waals surface area contributed by atoms with E-state index in [-0.39, 0.29) is 0 Å². The summed E-state index contributed by atoms with van der Waals surface area (Å²) in [6.45, 7) is 0. The summed E-state index contributed by atoms with van der Waals surface area (Å²) in [5, 5.41) is 15.5. The van der Waals surface area contributed by atoms with E-state index in [1.165, 1.54) is 97.9 Å². The second-order valence-electron chi connectivity index (χ2n) is 12.1. The largest absolute Gasteiger partial charge is 0.307 e. The Balaban J connectivity index is 1.43. The van der Waals surface area contributed by atoms with Crippen molar-refractivity contribution in [1.29, 1.82) is 0 Å². The molecule has 44 heavy (non-hydrogen) atoms. The first kappa shape index (κ1) is 22.7. The minimum absolute atomic E-state index is 1.18. The fourth-order valence-electron chi connectivity index (χ4n) is 8.18. The van der Waals surface area contributed by atoms with Crippen LogP contribution in [0.5, 0.6) is 0 Å². The normalized spacial score (nSPS) is 12.5. The van der Waals surface area contributed by atoms with Crippen LogP contribution in [0.4, 0.5) is 0 Å². The molecule has 0 fully saturated rings. The van der Waals surface area contributed by atoms with Crippen molar-refractivity contribution in [3.8, 4) is 5.69 Å². The fourth-order valence-corrected chi connectivity index (χ4v) is 8.18. The molecule has 0 atom stereocenters. The smallest absolute Gasteiger partial charge is 0.0795 e. The highest BCUT2D eigenvalue weighted by Crippen LogP contribution is 2.48. The van der Waals surface area contributed by atoms with Crippen LogP contribution in [-0.2, 0) is 0 Å². The average Bonchev–Trinajstić information content (AvgIpc) is 3.73. The number of rotatable bonds is 1. The van der Waals surface area contributed by atoms with E-state index >= 15 is 0 Å². The van der Waals surface area contributed by atoms with Crippen molar-refractivity contribution in [3.63, 3.8) is 0 Å². The summed E-state index contributed by atoms with van der Waals surface area (Å²) in [6.07, 6.45) is 0. The van der Waals surface area contributed by atoms with Crippen molar-refractivity contribution in [2.45, 2.75) is 0 Å². The monoisotopic (exact) mass is 556 g/mol. The standard InChI is InChI=1S/C42H24N2/c1-2-11-26-23-28-24-29(21-20-27(28)22-25(26)10-1)43-37-19-8-6-15-34(37)38-31-13-3-4-14-32(31)39-35-17-9-16-33-30-12-5-7-18-36(30)44(40(33)35)42(39)41(38)43/h1-24H. The molecule has 2 heteroatoms. The fraction of sp³-hybridized carbons (Fsp3) is 0. The van der Waals surface area contributed by atoms with E-state index in [9.17, 15) is 0 Å². The zero-order chi connectivity index (χ0) is 28.5. The summed E-state index contributed by atoms with van der Waals surface area (Å²) in [4.78, 5) is 0. The van der Waals surface area contributed by atoms with Gasteiger partial charge < -0.3 is 8.97 Å². The van der Waals surface area contributed by atoms with Gasteiger partial charge in [-0.15, -0.1) is 0 Å². The van der Waals surface area contributed by atoms with Gasteiger partial charge in [-0.1, -0.05) is 109 Å². The summed E-state index contributed by atoms with van der Waals surface area (Å²) in [6, 6.07) is 53.9. The van der Waals surface area contributed by atoms with Crippen molar-refractivity contribution in [2.75, 3.05) is 0 Å². The van der Waals surface area contributed by atoms with E-state index in [1.54, 1.807) is 0 Å². The summed E-state index contributed by atoms with van der Waals surface area (Å²) in [5.41, 5.74) is 7.51. The van der Waals surface area contributed by atoms with E-state index in [4.69, 9.17) is 0 Å². The predicted octanol–water partition coefficient (Wildman–Crippen LogP) is 11.4. The molecule has 0 bridgehead atoms. The maximum Gasteiger partial charge on any atom is 0.0795 e. The van der Waals surface area contributed by atoms with E-state index in [0.717, 1.165) is 0 Å². The Morgan fingerprint density at radius 3 is 1.68 bits per heavy atom. The Kier molecular flexibility index (Phi) is 4.10. The maximum atomic E-state index is 2.55. The molecule has 0 saturated heterocycles. The maximum absolute atomic E-state index is 2.55. The molecule has 0 spiro atoms. The molecule has 8 aromatic carbocycles. The highest BCUT2D eigenvalue weighted by molar-refractivity contribution is 6.38. The average molecular weight is 557 g/mol. The SMILES string of the molecule is c1ccc2cc3cc(-n4c5ccccc5c5c6ccccc6c6c7cccc8c9ccccc9n(c87)c6c54)ccc3cc2c1. The van der Waals surface area contributed by atoms with E-state index < -0.39 is 0 Å². The second-order valence-corrected chi connectivity index (χ2v) is 12.1. The van der Waals surface area contributed by atoms with Crippen LogP contribution in [0.15, 0.2) is 146 Å². The number of nitrogens with zero attached hydrogens (tertiary/aromatic N) is 2. The molecule has 0 radical (unpaired) electrons. The Morgan fingerprint density at radius 2 is 0.886 bits per heavy atom. The molecule has 202 valence electrons. The minimum atomic E-state index is 1.18. The van der Waals surface area contributed by atoms with Crippen molar-refractivity contribution in [1.82, 2.24) is 8.97 Å². The number of hydrogen-bond acceptors (Lipinski definition) is 0. The van der Waals surface area contributed by atoms with E-state index in [2.05, 4.69) is 155 Å². The van der Waals surface area contributed by atoms with Crippen molar-refractivity contribution in [3.05, 3.63) is 146 Å². The van der Waals surface area contributed by atoms with Crippen LogP contribution in [0.3, 0.4) is 0 Å². The molecule has 0 aliphatic carbocycles. The molecule has 0 saturated carbocycles. The first-order valence-corrected chi connectivity index (χ1v) is 15.3. The first-order valence-electron chi connectivity index (χ1n) is 15.3. The lowest BCUT2D eigenvalue weighted by Crippen LogP contribution is -1.96. The Bertz CT molecular complexity index is 2990. The number of fused-ring (bicyclic) bond motifs is 15.